The molecule has 1 aromatic carbocycles. The molecule has 4 nitrogen and oxygen atoms in total. The van der Waals surface area contributed by atoms with E-state index in [1.54, 1.807) is 12.1 Å². The Morgan fingerprint density at radius 3 is 2.45 bits per heavy atom. The van der Waals surface area contributed by atoms with E-state index in [0.717, 1.165) is 31.7 Å². The summed E-state index contributed by atoms with van der Waals surface area (Å²) in [5.41, 5.74) is 1.58. The predicted molar refractivity (Wildman–Crippen MR) is 91.8 cm³/mol. The highest BCUT2D eigenvalue weighted by atomic mass is 35.5. The standard InChI is InChI=1S/C16H21N3O.2ClH/c17-11-12-4-5-15(20)14(10-12)16(13-2-1-3-13)19-8-6-18-7-9-19;;/h4-5,10,13,16,18,20H,1-3,6-9H2;2*1H/t16-;;/m0../s1. The summed E-state index contributed by atoms with van der Waals surface area (Å²) < 4.78 is 0. The van der Waals surface area contributed by atoms with Gasteiger partial charge in [0.15, 0.2) is 0 Å². The van der Waals surface area contributed by atoms with E-state index in [9.17, 15) is 5.11 Å². The summed E-state index contributed by atoms with van der Waals surface area (Å²) in [6, 6.07) is 7.68. The lowest BCUT2D eigenvalue weighted by molar-refractivity contribution is 0.0819. The number of benzene rings is 1. The van der Waals surface area contributed by atoms with Crippen molar-refractivity contribution in [2.75, 3.05) is 26.2 Å². The lowest BCUT2D eigenvalue weighted by atomic mass is 9.76. The van der Waals surface area contributed by atoms with Crippen molar-refractivity contribution in [3.63, 3.8) is 0 Å². The summed E-state index contributed by atoms with van der Waals surface area (Å²) in [5, 5.41) is 22.7. The van der Waals surface area contributed by atoms with E-state index in [1.807, 2.05) is 6.07 Å². The number of nitriles is 1. The average Bonchev–Trinajstić information content (AvgIpc) is 2.44. The molecule has 1 saturated carbocycles. The normalized spacial score (nSPS) is 20.0. The number of halogens is 2. The van der Waals surface area contributed by atoms with Crippen LogP contribution in [0, 0.1) is 17.2 Å². The largest absolute Gasteiger partial charge is 0.508 e. The molecule has 6 heteroatoms. The Hall–Kier alpha value is -0.990. The number of phenolic OH excluding ortho intramolecular Hbond substituents is 1. The van der Waals surface area contributed by atoms with Gasteiger partial charge in [-0.2, -0.15) is 5.26 Å². The Balaban J connectivity index is 0.00000121. The number of phenols is 1. The quantitative estimate of drug-likeness (QED) is 0.885. The van der Waals surface area contributed by atoms with Crippen LogP contribution in [0.3, 0.4) is 0 Å². The second-order valence-electron chi connectivity index (χ2n) is 5.81. The van der Waals surface area contributed by atoms with E-state index in [4.69, 9.17) is 5.26 Å². The van der Waals surface area contributed by atoms with E-state index < -0.39 is 0 Å². The van der Waals surface area contributed by atoms with Crippen LogP contribution in [-0.4, -0.2) is 36.2 Å². The molecule has 2 fully saturated rings. The van der Waals surface area contributed by atoms with E-state index in [0.29, 0.717) is 17.2 Å². The monoisotopic (exact) mass is 343 g/mol. The van der Waals surface area contributed by atoms with Gasteiger partial charge < -0.3 is 10.4 Å². The Morgan fingerprint density at radius 1 is 1.23 bits per heavy atom. The molecule has 1 saturated heterocycles. The highest BCUT2D eigenvalue weighted by molar-refractivity contribution is 5.85. The van der Waals surface area contributed by atoms with Crippen molar-refractivity contribution in [2.24, 2.45) is 5.92 Å². The van der Waals surface area contributed by atoms with Crippen molar-refractivity contribution < 1.29 is 5.11 Å². The van der Waals surface area contributed by atoms with Gasteiger partial charge in [0.2, 0.25) is 0 Å². The number of nitrogens with zero attached hydrogens (tertiary/aromatic N) is 2. The summed E-state index contributed by atoms with van der Waals surface area (Å²) in [4.78, 5) is 2.47. The molecule has 122 valence electrons. The van der Waals surface area contributed by atoms with E-state index >= 15 is 0 Å². The smallest absolute Gasteiger partial charge is 0.120 e. The Kier molecular flexibility index (Phi) is 7.44. The number of nitrogens with one attached hydrogen (secondary N) is 1. The molecule has 1 heterocycles. The first-order chi connectivity index (χ1) is 9.79. The molecule has 0 spiro atoms. The second kappa shape index (κ2) is 8.59. The van der Waals surface area contributed by atoms with Crippen LogP contribution in [0.1, 0.15) is 36.4 Å². The molecule has 2 aliphatic rings. The van der Waals surface area contributed by atoms with Crippen molar-refractivity contribution in [3.05, 3.63) is 29.3 Å². The Morgan fingerprint density at radius 2 is 1.91 bits per heavy atom. The van der Waals surface area contributed by atoms with Gasteiger partial charge in [-0.05, 0) is 37.0 Å². The molecule has 1 aliphatic heterocycles. The van der Waals surface area contributed by atoms with Crippen LogP contribution in [0.2, 0.25) is 0 Å². The molecule has 22 heavy (non-hydrogen) atoms. The molecule has 1 aromatic rings. The van der Waals surface area contributed by atoms with Crippen molar-refractivity contribution in [1.82, 2.24) is 10.2 Å². The molecule has 0 unspecified atom stereocenters. The molecular weight excluding hydrogens is 321 g/mol. The molecule has 0 radical (unpaired) electrons. The van der Waals surface area contributed by atoms with Gasteiger partial charge in [0.05, 0.1) is 11.6 Å². The third kappa shape index (κ3) is 3.85. The van der Waals surface area contributed by atoms with Crippen molar-refractivity contribution >= 4 is 24.8 Å². The number of rotatable bonds is 3. The lowest BCUT2D eigenvalue weighted by Gasteiger charge is -2.43. The molecule has 1 aliphatic carbocycles. The van der Waals surface area contributed by atoms with Gasteiger partial charge in [-0.15, -0.1) is 24.8 Å². The summed E-state index contributed by atoms with van der Waals surface area (Å²) in [6.45, 7) is 4.03. The SMILES string of the molecule is Cl.Cl.N#Cc1ccc(O)c([C@H](C2CCC2)N2CCNCC2)c1. The fourth-order valence-corrected chi connectivity index (χ4v) is 3.33. The maximum atomic E-state index is 10.2. The first kappa shape index (κ1) is 19.1. The Bertz CT molecular complexity index is 523. The van der Waals surface area contributed by atoms with Gasteiger partial charge in [0, 0.05) is 37.8 Å². The molecule has 3 rings (SSSR count). The van der Waals surface area contributed by atoms with Gasteiger partial charge >= 0.3 is 0 Å². The second-order valence-corrected chi connectivity index (χ2v) is 5.81. The van der Waals surface area contributed by atoms with E-state index in [1.165, 1.54) is 19.3 Å². The maximum Gasteiger partial charge on any atom is 0.120 e. The van der Waals surface area contributed by atoms with Crippen LogP contribution >= 0.6 is 24.8 Å². The van der Waals surface area contributed by atoms with Crippen LogP contribution in [0.4, 0.5) is 0 Å². The number of aromatic hydroxyl groups is 1. The van der Waals surface area contributed by atoms with Crippen molar-refractivity contribution in [3.8, 4) is 11.8 Å². The van der Waals surface area contributed by atoms with Crippen molar-refractivity contribution in [1.29, 1.82) is 5.26 Å². The van der Waals surface area contributed by atoms with Gasteiger partial charge in [0.1, 0.15) is 5.75 Å². The number of hydrogen-bond donors (Lipinski definition) is 2. The van der Waals surface area contributed by atoms with Crippen molar-refractivity contribution in [2.45, 2.75) is 25.3 Å². The third-order valence-electron chi connectivity index (χ3n) is 4.62. The summed E-state index contributed by atoms with van der Waals surface area (Å²) in [7, 11) is 0. The minimum absolute atomic E-state index is 0. The summed E-state index contributed by atoms with van der Waals surface area (Å²) in [6.07, 6.45) is 3.74. The third-order valence-corrected chi connectivity index (χ3v) is 4.62. The van der Waals surface area contributed by atoms with E-state index in [2.05, 4.69) is 16.3 Å². The van der Waals surface area contributed by atoms with Crippen LogP contribution in [-0.2, 0) is 0 Å². The Labute approximate surface area is 144 Å². The summed E-state index contributed by atoms with van der Waals surface area (Å²) in [5.74, 6) is 0.951. The maximum absolute atomic E-state index is 10.2. The molecule has 0 amide bonds. The number of hydrogen-bond acceptors (Lipinski definition) is 4. The zero-order chi connectivity index (χ0) is 13.9. The highest BCUT2D eigenvalue weighted by Crippen LogP contribution is 2.44. The van der Waals surface area contributed by atoms with Gasteiger partial charge in [-0.3, -0.25) is 4.90 Å². The van der Waals surface area contributed by atoms with E-state index in [-0.39, 0.29) is 30.9 Å². The van der Waals surface area contributed by atoms with Crippen LogP contribution in [0.25, 0.3) is 0 Å². The lowest BCUT2D eigenvalue weighted by Crippen LogP contribution is -2.47. The van der Waals surface area contributed by atoms with Crippen LogP contribution in [0.5, 0.6) is 5.75 Å². The number of piperazine rings is 1. The van der Waals surface area contributed by atoms with Gasteiger partial charge in [-0.25, -0.2) is 0 Å². The first-order valence-electron chi connectivity index (χ1n) is 7.47. The molecule has 0 bridgehead atoms. The predicted octanol–water partition coefficient (Wildman–Crippen LogP) is 2.85. The van der Waals surface area contributed by atoms with Crippen LogP contribution in [0.15, 0.2) is 18.2 Å². The topological polar surface area (TPSA) is 59.3 Å². The minimum Gasteiger partial charge on any atom is -0.508 e. The first-order valence-corrected chi connectivity index (χ1v) is 7.47. The zero-order valence-corrected chi connectivity index (χ0v) is 14.1. The molecular formula is C16H23Cl2N3O. The van der Waals surface area contributed by atoms with Gasteiger partial charge in [-0.1, -0.05) is 6.42 Å². The zero-order valence-electron chi connectivity index (χ0n) is 12.5. The fraction of sp³-hybridized carbons (Fsp3) is 0.562. The molecule has 0 aromatic heterocycles. The molecule has 1 atom stereocenters. The highest BCUT2D eigenvalue weighted by Gasteiger charge is 2.35. The van der Waals surface area contributed by atoms with Gasteiger partial charge in [0.25, 0.3) is 0 Å². The minimum atomic E-state index is 0. The summed E-state index contributed by atoms with van der Waals surface area (Å²) >= 11 is 0. The fourth-order valence-electron chi connectivity index (χ4n) is 3.33. The average molecular weight is 344 g/mol. The van der Waals surface area contributed by atoms with Crippen LogP contribution < -0.4 is 5.32 Å². The molecule has 2 N–H and O–H groups in total.